The van der Waals surface area contributed by atoms with Crippen LogP contribution in [0.2, 0.25) is 0 Å². The zero-order valence-corrected chi connectivity index (χ0v) is 28.8. The summed E-state index contributed by atoms with van der Waals surface area (Å²) in [4.78, 5) is 0. The van der Waals surface area contributed by atoms with Gasteiger partial charge in [0, 0.05) is 6.61 Å². The highest BCUT2D eigenvalue weighted by molar-refractivity contribution is 4.52. The van der Waals surface area contributed by atoms with Crippen molar-refractivity contribution in [3.8, 4) is 0 Å². The molecule has 0 bridgehead atoms. The van der Waals surface area contributed by atoms with E-state index in [1.165, 1.54) is 193 Å². The molecule has 0 heterocycles. The fourth-order valence-electron chi connectivity index (χ4n) is 5.83. The summed E-state index contributed by atoms with van der Waals surface area (Å²) in [5, 5.41) is 8.61. The molecule has 0 aliphatic carbocycles. The highest BCUT2D eigenvalue weighted by atomic mass is 16.5. The SMILES string of the molecule is CCCCCCCCCCCCCCCCCCCCCCCCCCCCCCCCOCCOCCOCCO. The molecule has 0 fully saturated rings. The molecular formula is C38H78O4. The van der Waals surface area contributed by atoms with E-state index in [-0.39, 0.29) is 6.61 Å². The molecule has 0 aromatic rings. The minimum Gasteiger partial charge on any atom is -0.394 e. The number of hydrogen-bond acceptors (Lipinski definition) is 4. The zero-order chi connectivity index (χ0) is 30.3. The van der Waals surface area contributed by atoms with Crippen LogP contribution in [0.25, 0.3) is 0 Å². The van der Waals surface area contributed by atoms with Crippen molar-refractivity contribution in [1.29, 1.82) is 0 Å². The maximum absolute atomic E-state index is 8.61. The second-order valence-corrected chi connectivity index (χ2v) is 12.8. The maximum atomic E-state index is 8.61. The molecule has 1 N–H and O–H groups in total. The monoisotopic (exact) mass is 599 g/mol. The number of unbranched alkanes of at least 4 members (excludes halogenated alkanes) is 29. The summed E-state index contributed by atoms with van der Waals surface area (Å²) in [6.07, 6.45) is 43.2. The molecule has 0 amide bonds. The molecule has 0 aliphatic rings. The van der Waals surface area contributed by atoms with Crippen LogP contribution in [-0.4, -0.2) is 51.4 Å². The highest BCUT2D eigenvalue weighted by Gasteiger charge is 1.97. The third-order valence-corrected chi connectivity index (χ3v) is 8.62. The van der Waals surface area contributed by atoms with Gasteiger partial charge in [0.25, 0.3) is 0 Å². The average molecular weight is 599 g/mol. The van der Waals surface area contributed by atoms with Crippen LogP contribution in [0.3, 0.4) is 0 Å². The molecule has 0 aromatic carbocycles. The summed E-state index contributed by atoms with van der Waals surface area (Å²) >= 11 is 0. The van der Waals surface area contributed by atoms with Crippen molar-refractivity contribution in [2.75, 3.05) is 46.2 Å². The van der Waals surface area contributed by atoms with E-state index in [2.05, 4.69) is 6.92 Å². The van der Waals surface area contributed by atoms with Gasteiger partial charge in [-0.2, -0.15) is 0 Å². The predicted octanol–water partition coefficient (Wildman–Crippen LogP) is 11.8. The third kappa shape index (κ3) is 39.8. The van der Waals surface area contributed by atoms with Crippen molar-refractivity contribution < 1.29 is 19.3 Å². The standard InChI is InChI=1S/C38H78O4/c1-2-3-4-5-6-7-8-9-10-11-12-13-14-15-16-17-18-19-20-21-22-23-24-25-26-27-28-29-30-31-33-40-35-37-42-38-36-41-34-32-39/h39H,2-38H2,1H3. The summed E-state index contributed by atoms with van der Waals surface area (Å²) in [5.41, 5.74) is 0. The minimum absolute atomic E-state index is 0.0722. The Kier molecular flexibility index (Phi) is 40.7. The van der Waals surface area contributed by atoms with Gasteiger partial charge in [0.05, 0.1) is 39.6 Å². The molecule has 0 aliphatic heterocycles. The molecular weight excluding hydrogens is 520 g/mol. The van der Waals surface area contributed by atoms with Crippen LogP contribution in [0.15, 0.2) is 0 Å². The van der Waals surface area contributed by atoms with Gasteiger partial charge in [0.15, 0.2) is 0 Å². The lowest BCUT2D eigenvalue weighted by Gasteiger charge is -2.06. The van der Waals surface area contributed by atoms with Crippen LogP contribution in [-0.2, 0) is 14.2 Å². The van der Waals surface area contributed by atoms with Gasteiger partial charge < -0.3 is 19.3 Å². The lowest BCUT2D eigenvalue weighted by Crippen LogP contribution is -2.11. The summed E-state index contributed by atoms with van der Waals surface area (Å²) < 4.78 is 16.2. The van der Waals surface area contributed by atoms with Crippen LogP contribution in [0.1, 0.15) is 200 Å². The van der Waals surface area contributed by atoms with Crippen molar-refractivity contribution in [2.45, 2.75) is 200 Å². The molecule has 0 rings (SSSR count). The van der Waals surface area contributed by atoms with Crippen molar-refractivity contribution in [2.24, 2.45) is 0 Å². The lowest BCUT2D eigenvalue weighted by atomic mass is 10.0. The first-order valence-electron chi connectivity index (χ1n) is 19.3. The first-order chi connectivity index (χ1) is 20.9. The highest BCUT2D eigenvalue weighted by Crippen LogP contribution is 2.16. The number of rotatable bonds is 39. The Bertz CT molecular complexity index is 405. The van der Waals surface area contributed by atoms with Crippen molar-refractivity contribution in [3.05, 3.63) is 0 Å². The number of aliphatic hydroxyl groups is 1. The summed E-state index contributed by atoms with van der Waals surface area (Å²) in [6, 6.07) is 0. The molecule has 4 heteroatoms. The molecule has 0 radical (unpaired) electrons. The Hall–Kier alpha value is -0.160. The van der Waals surface area contributed by atoms with Crippen LogP contribution >= 0.6 is 0 Å². The van der Waals surface area contributed by atoms with Gasteiger partial charge >= 0.3 is 0 Å². The van der Waals surface area contributed by atoms with Crippen LogP contribution in [0.4, 0.5) is 0 Å². The predicted molar refractivity (Wildman–Crippen MR) is 184 cm³/mol. The molecule has 0 aromatic heterocycles. The average Bonchev–Trinajstić information content (AvgIpc) is 3.00. The summed E-state index contributed by atoms with van der Waals surface area (Å²) in [5.74, 6) is 0. The fourth-order valence-corrected chi connectivity index (χ4v) is 5.83. The van der Waals surface area contributed by atoms with E-state index in [4.69, 9.17) is 19.3 Å². The van der Waals surface area contributed by atoms with Gasteiger partial charge in [0.1, 0.15) is 0 Å². The van der Waals surface area contributed by atoms with Crippen molar-refractivity contribution in [3.63, 3.8) is 0 Å². The van der Waals surface area contributed by atoms with Crippen molar-refractivity contribution in [1.82, 2.24) is 0 Å². The van der Waals surface area contributed by atoms with E-state index in [1.54, 1.807) is 0 Å². The molecule has 0 saturated carbocycles. The Morgan fingerprint density at radius 1 is 0.262 bits per heavy atom. The maximum Gasteiger partial charge on any atom is 0.0701 e. The van der Waals surface area contributed by atoms with Gasteiger partial charge in [-0.15, -0.1) is 0 Å². The number of ether oxygens (including phenoxy) is 3. The summed E-state index contributed by atoms with van der Waals surface area (Å²) in [7, 11) is 0. The topological polar surface area (TPSA) is 47.9 Å². The van der Waals surface area contributed by atoms with Gasteiger partial charge in [-0.25, -0.2) is 0 Å². The Balaban J connectivity index is 3.02. The van der Waals surface area contributed by atoms with Crippen LogP contribution < -0.4 is 0 Å². The van der Waals surface area contributed by atoms with Gasteiger partial charge in [-0.1, -0.05) is 193 Å². The first kappa shape index (κ1) is 41.8. The van der Waals surface area contributed by atoms with E-state index in [1.807, 2.05) is 0 Å². The van der Waals surface area contributed by atoms with Gasteiger partial charge in [0.2, 0.25) is 0 Å². The van der Waals surface area contributed by atoms with E-state index in [0.717, 1.165) is 6.61 Å². The van der Waals surface area contributed by atoms with Crippen molar-refractivity contribution >= 4 is 0 Å². The van der Waals surface area contributed by atoms with Gasteiger partial charge in [-0.05, 0) is 6.42 Å². The largest absolute Gasteiger partial charge is 0.394 e. The molecule has 4 nitrogen and oxygen atoms in total. The second kappa shape index (κ2) is 40.8. The summed E-state index contributed by atoms with van der Waals surface area (Å²) in [6.45, 7) is 6.02. The van der Waals surface area contributed by atoms with Crippen LogP contribution in [0, 0.1) is 0 Å². The third-order valence-electron chi connectivity index (χ3n) is 8.62. The smallest absolute Gasteiger partial charge is 0.0701 e. The molecule has 0 unspecified atom stereocenters. The zero-order valence-electron chi connectivity index (χ0n) is 28.8. The normalized spacial score (nSPS) is 11.6. The molecule has 42 heavy (non-hydrogen) atoms. The van der Waals surface area contributed by atoms with E-state index >= 15 is 0 Å². The molecule has 0 atom stereocenters. The lowest BCUT2D eigenvalue weighted by molar-refractivity contribution is 0.00719. The Morgan fingerprint density at radius 3 is 0.738 bits per heavy atom. The fraction of sp³-hybridized carbons (Fsp3) is 1.00. The quantitative estimate of drug-likeness (QED) is 0.0715. The van der Waals surface area contributed by atoms with Gasteiger partial charge in [-0.3, -0.25) is 0 Å². The van der Waals surface area contributed by atoms with E-state index in [0.29, 0.717) is 33.0 Å². The van der Waals surface area contributed by atoms with E-state index < -0.39 is 0 Å². The molecule has 0 saturated heterocycles. The number of hydrogen-bond donors (Lipinski definition) is 1. The number of aliphatic hydroxyl groups excluding tert-OH is 1. The Morgan fingerprint density at radius 2 is 0.476 bits per heavy atom. The van der Waals surface area contributed by atoms with E-state index in [9.17, 15) is 0 Å². The van der Waals surface area contributed by atoms with Crippen LogP contribution in [0.5, 0.6) is 0 Å². The first-order valence-corrected chi connectivity index (χ1v) is 19.3. The molecule has 254 valence electrons. The second-order valence-electron chi connectivity index (χ2n) is 12.8. The Labute approximate surface area is 264 Å². The minimum atomic E-state index is 0.0722. The molecule has 0 spiro atoms.